The Hall–Kier alpha value is -5.73. The Labute approximate surface area is 249 Å². The fourth-order valence-corrected chi connectivity index (χ4v) is 6.50. The van der Waals surface area contributed by atoms with Gasteiger partial charge in [-0.2, -0.15) is 0 Å². The first-order chi connectivity index (χ1) is 21.2. The SMILES string of the molecule is C=c1c(-c2ccc(-c3ccc4oc5ccccc5c4c3)cc2)c2ccccc2c(-c2ccc3ccccc3c2)/c1=C/C=N. The molecule has 7 aromatic carbocycles. The normalized spacial score (nSPS) is 12.0. The van der Waals surface area contributed by atoms with Crippen LogP contribution in [0.15, 0.2) is 138 Å². The molecule has 2 nitrogen and oxygen atoms in total. The van der Waals surface area contributed by atoms with E-state index >= 15 is 0 Å². The second-order valence-electron chi connectivity index (χ2n) is 11.0. The molecule has 0 spiro atoms. The molecule has 0 bridgehead atoms. The fraction of sp³-hybridized carbons (Fsp3) is 0. The molecule has 43 heavy (non-hydrogen) atoms. The van der Waals surface area contributed by atoms with Crippen LogP contribution in [0.4, 0.5) is 0 Å². The second kappa shape index (κ2) is 9.97. The summed E-state index contributed by atoms with van der Waals surface area (Å²) in [6, 6.07) is 46.9. The molecule has 0 aliphatic carbocycles. The van der Waals surface area contributed by atoms with Gasteiger partial charge in [-0.3, -0.25) is 0 Å². The molecule has 0 unspecified atom stereocenters. The smallest absolute Gasteiger partial charge is 0.135 e. The zero-order valence-corrected chi connectivity index (χ0v) is 23.5. The number of hydrogen-bond donors (Lipinski definition) is 1. The highest BCUT2D eigenvalue weighted by Gasteiger charge is 2.15. The minimum absolute atomic E-state index is 0.899. The maximum atomic E-state index is 8.01. The summed E-state index contributed by atoms with van der Waals surface area (Å²) in [5.74, 6) is 0. The van der Waals surface area contributed by atoms with E-state index in [4.69, 9.17) is 9.83 Å². The van der Waals surface area contributed by atoms with Crippen molar-refractivity contribution < 1.29 is 4.42 Å². The third kappa shape index (κ3) is 4.07. The summed E-state index contributed by atoms with van der Waals surface area (Å²) in [5.41, 5.74) is 8.52. The molecule has 1 heterocycles. The topological polar surface area (TPSA) is 37.0 Å². The number of rotatable bonds is 4. The molecule has 1 aromatic heterocycles. The van der Waals surface area contributed by atoms with Crippen molar-refractivity contribution in [3.63, 3.8) is 0 Å². The summed E-state index contributed by atoms with van der Waals surface area (Å²) in [4.78, 5) is 0. The molecule has 0 saturated carbocycles. The van der Waals surface area contributed by atoms with Gasteiger partial charge in [0.2, 0.25) is 0 Å². The summed E-state index contributed by atoms with van der Waals surface area (Å²) in [5, 5.41) is 16.9. The van der Waals surface area contributed by atoms with E-state index in [9.17, 15) is 0 Å². The number of para-hydroxylation sites is 1. The Morgan fingerprint density at radius 3 is 1.88 bits per heavy atom. The third-order valence-corrected chi connectivity index (χ3v) is 8.53. The summed E-state index contributed by atoms with van der Waals surface area (Å²) < 4.78 is 6.04. The third-order valence-electron chi connectivity index (χ3n) is 8.53. The molecular formula is C41H27NO. The minimum atomic E-state index is 0.899. The molecule has 0 radical (unpaired) electrons. The molecule has 0 aliphatic heterocycles. The van der Waals surface area contributed by atoms with Crippen molar-refractivity contribution in [3.8, 4) is 33.4 Å². The van der Waals surface area contributed by atoms with Crippen molar-refractivity contribution in [2.75, 3.05) is 0 Å². The first kappa shape index (κ1) is 25.0. The van der Waals surface area contributed by atoms with E-state index in [0.717, 1.165) is 76.5 Å². The number of benzene rings is 7. The second-order valence-corrected chi connectivity index (χ2v) is 11.0. The summed E-state index contributed by atoms with van der Waals surface area (Å²) >= 11 is 0. The van der Waals surface area contributed by atoms with Gasteiger partial charge in [0, 0.05) is 17.0 Å². The molecule has 0 aliphatic rings. The predicted octanol–water partition coefficient (Wildman–Crippen LogP) is 9.73. The molecule has 0 atom stereocenters. The monoisotopic (exact) mass is 549 g/mol. The van der Waals surface area contributed by atoms with E-state index in [1.165, 1.54) is 17.0 Å². The predicted molar refractivity (Wildman–Crippen MR) is 183 cm³/mol. The van der Waals surface area contributed by atoms with Crippen LogP contribution in [0.5, 0.6) is 0 Å². The molecule has 8 rings (SSSR count). The number of hydrogen-bond acceptors (Lipinski definition) is 2. The lowest BCUT2D eigenvalue weighted by molar-refractivity contribution is 0.669. The lowest BCUT2D eigenvalue weighted by Crippen LogP contribution is -2.28. The van der Waals surface area contributed by atoms with Crippen LogP contribution in [-0.2, 0) is 0 Å². The Morgan fingerprint density at radius 2 is 1.09 bits per heavy atom. The van der Waals surface area contributed by atoms with Crippen LogP contribution < -0.4 is 10.4 Å². The maximum Gasteiger partial charge on any atom is 0.135 e. The van der Waals surface area contributed by atoms with E-state index in [2.05, 4.69) is 128 Å². The number of fused-ring (bicyclic) bond motifs is 5. The molecule has 1 N–H and O–H groups in total. The number of nitrogens with one attached hydrogen (secondary N) is 1. The van der Waals surface area contributed by atoms with Gasteiger partial charge in [-0.05, 0) is 95.7 Å². The summed E-state index contributed by atoms with van der Waals surface area (Å²) in [6.45, 7) is 4.61. The van der Waals surface area contributed by atoms with Gasteiger partial charge in [0.1, 0.15) is 11.2 Å². The van der Waals surface area contributed by atoms with Crippen LogP contribution in [0, 0.1) is 5.41 Å². The lowest BCUT2D eigenvalue weighted by Gasteiger charge is -2.16. The van der Waals surface area contributed by atoms with E-state index in [1.807, 2.05) is 18.2 Å². The van der Waals surface area contributed by atoms with Crippen LogP contribution in [0.1, 0.15) is 0 Å². The average molecular weight is 550 g/mol. The Kier molecular flexibility index (Phi) is 5.80. The quantitative estimate of drug-likeness (QED) is 0.218. The van der Waals surface area contributed by atoms with Gasteiger partial charge in [-0.25, -0.2) is 0 Å². The Balaban J connectivity index is 1.30. The highest BCUT2D eigenvalue weighted by molar-refractivity contribution is 6.08. The van der Waals surface area contributed by atoms with Crippen LogP contribution in [0.25, 0.3) is 89.5 Å². The van der Waals surface area contributed by atoms with Gasteiger partial charge < -0.3 is 9.83 Å². The highest BCUT2D eigenvalue weighted by Crippen LogP contribution is 2.35. The van der Waals surface area contributed by atoms with E-state index < -0.39 is 0 Å². The van der Waals surface area contributed by atoms with E-state index in [1.54, 1.807) is 0 Å². The van der Waals surface area contributed by atoms with Gasteiger partial charge >= 0.3 is 0 Å². The van der Waals surface area contributed by atoms with Crippen LogP contribution in [-0.4, -0.2) is 6.21 Å². The minimum Gasteiger partial charge on any atom is -0.456 e. The van der Waals surface area contributed by atoms with E-state index in [0.29, 0.717) is 0 Å². The van der Waals surface area contributed by atoms with Crippen molar-refractivity contribution in [2.45, 2.75) is 0 Å². The summed E-state index contributed by atoms with van der Waals surface area (Å²) in [7, 11) is 0. The largest absolute Gasteiger partial charge is 0.456 e. The maximum absolute atomic E-state index is 8.01. The van der Waals surface area contributed by atoms with Crippen molar-refractivity contribution >= 4 is 62.4 Å². The van der Waals surface area contributed by atoms with Crippen LogP contribution >= 0.6 is 0 Å². The van der Waals surface area contributed by atoms with Crippen molar-refractivity contribution in [1.82, 2.24) is 0 Å². The number of furan rings is 1. The Bertz CT molecular complexity index is 2480. The van der Waals surface area contributed by atoms with Gasteiger partial charge in [0.05, 0.1) is 0 Å². The molecule has 202 valence electrons. The lowest BCUT2D eigenvalue weighted by atomic mass is 9.87. The first-order valence-electron chi connectivity index (χ1n) is 14.5. The zero-order chi connectivity index (χ0) is 28.9. The fourth-order valence-electron chi connectivity index (χ4n) is 6.50. The van der Waals surface area contributed by atoms with Crippen molar-refractivity contribution in [2.24, 2.45) is 0 Å². The van der Waals surface area contributed by atoms with Crippen molar-refractivity contribution in [3.05, 3.63) is 144 Å². The standard InChI is InChI=1S/C41H27NO/c1-26-33(22-23-42)41(32-19-16-27-8-2-3-9-30(27)24-32)36-12-5-4-11-35(36)40(26)29-17-14-28(15-18-29)31-20-21-39-37(25-31)34-10-6-7-13-38(34)43-39/h2-25,42H,1H2/b33-22+,42-23?. The molecule has 0 saturated heterocycles. The molecule has 2 heteroatoms. The van der Waals surface area contributed by atoms with Crippen LogP contribution in [0.3, 0.4) is 0 Å². The van der Waals surface area contributed by atoms with Gasteiger partial charge in [0.15, 0.2) is 0 Å². The molecule has 0 fully saturated rings. The summed E-state index contributed by atoms with van der Waals surface area (Å²) in [6.07, 6.45) is 3.24. The van der Waals surface area contributed by atoms with Gasteiger partial charge in [-0.15, -0.1) is 0 Å². The van der Waals surface area contributed by atoms with Crippen LogP contribution in [0.2, 0.25) is 0 Å². The van der Waals surface area contributed by atoms with Gasteiger partial charge in [-0.1, -0.05) is 116 Å². The average Bonchev–Trinajstić information content (AvgIpc) is 3.43. The van der Waals surface area contributed by atoms with Gasteiger partial charge in [0.25, 0.3) is 0 Å². The molecule has 8 aromatic rings. The Morgan fingerprint density at radius 1 is 0.488 bits per heavy atom. The van der Waals surface area contributed by atoms with E-state index in [-0.39, 0.29) is 0 Å². The molecular weight excluding hydrogens is 522 g/mol. The first-order valence-corrected chi connectivity index (χ1v) is 14.5. The zero-order valence-electron chi connectivity index (χ0n) is 23.5. The molecule has 0 amide bonds. The highest BCUT2D eigenvalue weighted by atomic mass is 16.3. The van der Waals surface area contributed by atoms with Crippen molar-refractivity contribution in [1.29, 1.82) is 5.41 Å².